The molecule has 2 aromatic rings. The van der Waals surface area contributed by atoms with E-state index in [2.05, 4.69) is 4.90 Å². The van der Waals surface area contributed by atoms with Crippen molar-refractivity contribution in [3.05, 3.63) is 59.4 Å². The van der Waals surface area contributed by atoms with E-state index < -0.39 is 0 Å². The standard InChI is InChI=1S/C29H33FN4O3/c30-23-11-3-4-12-24(23)31-15-17-32(18-16-31)27(35)20-7-6-14-33(19-20)25-13-5-10-22-26(25)29(37)34(28(22)36)21-8-1-2-9-21/h3-5,10-13,20-21H,1-2,6-9,14-19H2. The van der Waals surface area contributed by atoms with E-state index in [1.54, 1.807) is 18.2 Å². The minimum Gasteiger partial charge on any atom is -0.370 e. The molecule has 0 aromatic heterocycles. The minimum absolute atomic E-state index is 0.000963. The second-order valence-electron chi connectivity index (χ2n) is 10.7. The van der Waals surface area contributed by atoms with Crippen molar-refractivity contribution >= 4 is 29.1 Å². The predicted octanol–water partition coefficient (Wildman–Crippen LogP) is 3.93. The summed E-state index contributed by atoms with van der Waals surface area (Å²) in [6.07, 6.45) is 5.52. The normalized spacial score (nSPS) is 22.7. The lowest BCUT2D eigenvalue weighted by molar-refractivity contribution is -0.136. The fourth-order valence-electron chi connectivity index (χ4n) is 6.57. The van der Waals surface area contributed by atoms with Gasteiger partial charge in [0.2, 0.25) is 5.91 Å². The highest BCUT2D eigenvalue weighted by Crippen LogP contribution is 2.37. The molecule has 8 heteroatoms. The number of benzene rings is 2. The Morgan fingerprint density at radius 3 is 2.24 bits per heavy atom. The van der Waals surface area contributed by atoms with E-state index in [-0.39, 0.29) is 35.5 Å². The van der Waals surface area contributed by atoms with Crippen LogP contribution in [0.5, 0.6) is 0 Å². The molecule has 0 bridgehead atoms. The number of carbonyl (C=O) groups excluding carboxylic acids is 3. The number of rotatable bonds is 4. The zero-order chi connectivity index (χ0) is 25.5. The summed E-state index contributed by atoms with van der Waals surface area (Å²) in [6.45, 7) is 3.62. The Kier molecular flexibility index (Phi) is 6.34. The number of fused-ring (bicyclic) bond motifs is 1. The van der Waals surface area contributed by atoms with Gasteiger partial charge in [-0.1, -0.05) is 31.0 Å². The van der Waals surface area contributed by atoms with E-state index >= 15 is 0 Å². The first-order chi connectivity index (χ1) is 18.0. The van der Waals surface area contributed by atoms with Gasteiger partial charge in [-0.15, -0.1) is 0 Å². The van der Waals surface area contributed by atoms with E-state index in [4.69, 9.17) is 0 Å². The Labute approximate surface area is 216 Å². The van der Waals surface area contributed by atoms with Crippen LogP contribution < -0.4 is 9.80 Å². The first kappa shape index (κ1) is 23.9. The van der Waals surface area contributed by atoms with E-state index in [9.17, 15) is 18.8 Å². The van der Waals surface area contributed by atoms with Crippen LogP contribution in [-0.2, 0) is 4.79 Å². The summed E-state index contributed by atoms with van der Waals surface area (Å²) in [4.78, 5) is 47.6. The zero-order valence-corrected chi connectivity index (χ0v) is 21.1. The third-order valence-corrected chi connectivity index (χ3v) is 8.51. The minimum atomic E-state index is -0.236. The van der Waals surface area contributed by atoms with E-state index in [0.717, 1.165) is 50.8 Å². The van der Waals surface area contributed by atoms with Gasteiger partial charge < -0.3 is 14.7 Å². The molecule has 0 radical (unpaired) electrons. The summed E-state index contributed by atoms with van der Waals surface area (Å²) in [6, 6.07) is 12.3. The quantitative estimate of drug-likeness (QED) is 0.591. The van der Waals surface area contributed by atoms with Crippen LogP contribution in [0.1, 0.15) is 59.2 Å². The number of amides is 3. The predicted molar refractivity (Wildman–Crippen MR) is 139 cm³/mol. The highest BCUT2D eigenvalue weighted by molar-refractivity contribution is 6.24. The van der Waals surface area contributed by atoms with Gasteiger partial charge in [0.15, 0.2) is 0 Å². The lowest BCUT2D eigenvalue weighted by Gasteiger charge is -2.40. The van der Waals surface area contributed by atoms with Gasteiger partial charge >= 0.3 is 0 Å². The zero-order valence-electron chi connectivity index (χ0n) is 21.1. The Morgan fingerprint density at radius 1 is 0.757 bits per heavy atom. The molecular formula is C29H33FN4O3. The number of anilines is 2. The van der Waals surface area contributed by atoms with Crippen LogP contribution in [0.4, 0.5) is 15.8 Å². The van der Waals surface area contributed by atoms with Gasteiger partial charge in [0.1, 0.15) is 5.82 Å². The Hall–Kier alpha value is -3.42. The van der Waals surface area contributed by atoms with Crippen LogP contribution in [0.15, 0.2) is 42.5 Å². The van der Waals surface area contributed by atoms with Crippen LogP contribution in [0.25, 0.3) is 0 Å². The molecule has 1 atom stereocenters. The van der Waals surface area contributed by atoms with Crippen LogP contribution in [0.3, 0.4) is 0 Å². The molecule has 3 amide bonds. The molecular weight excluding hydrogens is 471 g/mol. The van der Waals surface area contributed by atoms with Crippen molar-refractivity contribution in [1.29, 1.82) is 0 Å². The summed E-state index contributed by atoms with van der Waals surface area (Å²) in [5.41, 5.74) is 2.36. The topological polar surface area (TPSA) is 64.2 Å². The number of imide groups is 1. The van der Waals surface area contributed by atoms with Gasteiger partial charge in [-0.3, -0.25) is 19.3 Å². The number of piperidine rings is 1. The van der Waals surface area contributed by atoms with Crippen LogP contribution in [-0.4, -0.2) is 72.8 Å². The molecule has 2 saturated heterocycles. The molecule has 194 valence electrons. The van der Waals surface area contributed by atoms with Gasteiger partial charge in [0.25, 0.3) is 11.8 Å². The molecule has 2 aromatic carbocycles. The number of carbonyl (C=O) groups is 3. The van der Waals surface area contributed by atoms with Gasteiger partial charge in [0, 0.05) is 45.3 Å². The van der Waals surface area contributed by atoms with Gasteiger partial charge in [-0.25, -0.2) is 4.39 Å². The number of para-hydroxylation sites is 1. The Morgan fingerprint density at radius 2 is 1.49 bits per heavy atom. The number of hydrogen-bond donors (Lipinski definition) is 0. The summed E-state index contributed by atoms with van der Waals surface area (Å²) < 4.78 is 14.2. The molecule has 3 aliphatic heterocycles. The number of halogens is 1. The van der Waals surface area contributed by atoms with Crippen molar-refractivity contribution in [3.8, 4) is 0 Å². The van der Waals surface area contributed by atoms with Crippen molar-refractivity contribution < 1.29 is 18.8 Å². The monoisotopic (exact) mass is 504 g/mol. The molecule has 37 heavy (non-hydrogen) atoms. The summed E-state index contributed by atoms with van der Waals surface area (Å²) in [5.74, 6) is -0.630. The third kappa shape index (κ3) is 4.26. The van der Waals surface area contributed by atoms with E-state index in [0.29, 0.717) is 49.5 Å². The molecule has 3 heterocycles. The van der Waals surface area contributed by atoms with Crippen LogP contribution in [0, 0.1) is 11.7 Å². The maximum Gasteiger partial charge on any atom is 0.263 e. The summed E-state index contributed by atoms with van der Waals surface area (Å²) in [7, 11) is 0. The SMILES string of the molecule is O=C(C1CCCN(c2cccc3c2C(=O)N(C2CCCC2)C3=O)C1)N1CCN(c2ccccc2F)CC1. The number of nitrogens with zero attached hydrogens (tertiary/aromatic N) is 4. The van der Waals surface area contributed by atoms with E-state index in [1.165, 1.54) is 11.0 Å². The van der Waals surface area contributed by atoms with Crippen molar-refractivity contribution in [1.82, 2.24) is 9.80 Å². The molecule has 0 N–H and O–H groups in total. The number of hydrogen-bond acceptors (Lipinski definition) is 5. The Balaban J connectivity index is 1.15. The molecule has 1 unspecified atom stereocenters. The first-order valence-corrected chi connectivity index (χ1v) is 13.6. The van der Waals surface area contributed by atoms with E-state index in [1.807, 2.05) is 28.0 Å². The van der Waals surface area contributed by atoms with Gasteiger partial charge in [-0.2, -0.15) is 0 Å². The van der Waals surface area contributed by atoms with Crippen LogP contribution in [0.2, 0.25) is 0 Å². The first-order valence-electron chi connectivity index (χ1n) is 13.6. The lowest BCUT2D eigenvalue weighted by atomic mass is 9.94. The fourth-order valence-corrected chi connectivity index (χ4v) is 6.57. The number of piperazine rings is 1. The van der Waals surface area contributed by atoms with Crippen molar-refractivity contribution in [2.24, 2.45) is 5.92 Å². The van der Waals surface area contributed by atoms with Crippen molar-refractivity contribution in [3.63, 3.8) is 0 Å². The van der Waals surface area contributed by atoms with Gasteiger partial charge in [0.05, 0.1) is 28.4 Å². The fraction of sp³-hybridized carbons (Fsp3) is 0.483. The molecule has 6 rings (SSSR count). The molecule has 7 nitrogen and oxygen atoms in total. The summed E-state index contributed by atoms with van der Waals surface area (Å²) >= 11 is 0. The Bertz CT molecular complexity index is 1220. The second kappa shape index (κ2) is 9.80. The average Bonchev–Trinajstić information content (AvgIpc) is 3.55. The molecule has 1 aliphatic carbocycles. The molecule has 4 aliphatic rings. The maximum atomic E-state index is 14.2. The highest BCUT2D eigenvalue weighted by Gasteiger charge is 2.43. The highest BCUT2D eigenvalue weighted by atomic mass is 19.1. The molecule has 3 fully saturated rings. The van der Waals surface area contributed by atoms with Crippen molar-refractivity contribution in [2.45, 2.75) is 44.6 Å². The average molecular weight is 505 g/mol. The summed E-state index contributed by atoms with van der Waals surface area (Å²) in [5, 5.41) is 0. The molecule has 1 saturated carbocycles. The lowest BCUT2D eigenvalue weighted by Crippen LogP contribution is -2.53. The van der Waals surface area contributed by atoms with Crippen LogP contribution >= 0.6 is 0 Å². The van der Waals surface area contributed by atoms with Gasteiger partial charge in [-0.05, 0) is 49.9 Å². The second-order valence-corrected chi connectivity index (χ2v) is 10.7. The largest absolute Gasteiger partial charge is 0.370 e. The van der Waals surface area contributed by atoms with Crippen molar-refractivity contribution in [2.75, 3.05) is 49.1 Å². The smallest absolute Gasteiger partial charge is 0.263 e. The third-order valence-electron chi connectivity index (χ3n) is 8.51. The molecule has 0 spiro atoms. The maximum absolute atomic E-state index is 14.2.